The normalized spacial score (nSPS) is 13.7. The molecule has 0 unspecified atom stereocenters. The van der Waals surface area contributed by atoms with Crippen molar-refractivity contribution in [2.75, 3.05) is 5.32 Å². The number of fused-ring (bicyclic) bond motifs is 2. The van der Waals surface area contributed by atoms with Gasteiger partial charge in [-0.25, -0.2) is 14.6 Å². The summed E-state index contributed by atoms with van der Waals surface area (Å²) in [6.07, 6.45) is 10.7. The van der Waals surface area contributed by atoms with Crippen LogP contribution in [0.2, 0.25) is 0 Å². The zero-order valence-electron chi connectivity index (χ0n) is 15.5. The molecule has 0 radical (unpaired) electrons. The molecule has 0 amide bonds. The standard InChI is InChI=1S/C21H19N7/c1-28-20-12-14(6-7-19(20)26-27-28)16-4-2-3-5-18-17(16)13-23-21(25-18)24-15-8-10-22-11-9-15/h4,6-13H,2-3,5H2,1H3,(H,22,23,24,25). The minimum absolute atomic E-state index is 0.609. The Morgan fingerprint density at radius 2 is 2.00 bits per heavy atom. The highest BCUT2D eigenvalue weighted by atomic mass is 15.4. The van der Waals surface area contributed by atoms with Gasteiger partial charge in [0.2, 0.25) is 5.95 Å². The molecule has 1 aromatic carbocycles. The number of allylic oxidation sites excluding steroid dienone is 1. The van der Waals surface area contributed by atoms with Gasteiger partial charge in [-0.2, -0.15) is 0 Å². The van der Waals surface area contributed by atoms with Crippen LogP contribution in [0.1, 0.15) is 29.7 Å². The second-order valence-corrected chi connectivity index (χ2v) is 6.84. The van der Waals surface area contributed by atoms with Gasteiger partial charge in [0.1, 0.15) is 5.52 Å². The second kappa shape index (κ2) is 6.84. The third-order valence-corrected chi connectivity index (χ3v) is 4.98. The van der Waals surface area contributed by atoms with Crippen molar-refractivity contribution in [3.05, 3.63) is 71.8 Å². The summed E-state index contributed by atoms with van der Waals surface area (Å²) in [6, 6.07) is 10.1. The smallest absolute Gasteiger partial charge is 0.227 e. The average molecular weight is 369 g/mol. The van der Waals surface area contributed by atoms with Crippen LogP contribution in [0.5, 0.6) is 0 Å². The molecule has 4 aromatic rings. The minimum atomic E-state index is 0.609. The molecule has 3 aromatic heterocycles. The quantitative estimate of drug-likeness (QED) is 0.593. The molecule has 1 N–H and O–H groups in total. The van der Waals surface area contributed by atoms with Crippen LogP contribution < -0.4 is 5.32 Å². The van der Waals surface area contributed by atoms with Gasteiger partial charge >= 0.3 is 0 Å². The monoisotopic (exact) mass is 369 g/mol. The molecule has 0 atom stereocenters. The molecule has 0 fully saturated rings. The maximum absolute atomic E-state index is 4.80. The molecule has 7 nitrogen and oxygen atoms in total. The first kappa shape index (κ1) is 16.6. The van der Waals surface area contributed by atoms with Crippen LogP contribution in [0.4, 0.5) is 11.6 Å². The predicted molar refractivity (Wildman–Crippen MR) is 108 cm³/mol. The van der Waals surface area contributed by atoms with E-state index in [-0.39, 0.29) is 0 Å². The number of hydrogen-bond acceptors (Lipinski definition) is 6. The summed E-state index contributed by atoms with van der Waals surface area (Å²) in [7, 11) is 1.91. The second-order valence-electron chi connectivity index (χ2n) is 6.84. The zero-order valence-corrected chi connectivity index (χ0v) is 15.5. The largest absolute Gasteiger partial charge is 0.324 e. The lowest BCUT2D eigenvalue weighted by molar-refractivity contribution is 0.736. The molecule has 138 valence electrons. The molecule has 1 aliphatic rings. The molecule has 5 rings (SSSR count). The number of nitrogens with one attached hydrogen (secondary N) is 1. The molecular weight excluding hydrogens is 350 g/mol. The number of anilines is 2. The Bertz CT molecular complexity index is 1180. The lowest BCUT2D eigenvalue weighted by atomic mass is 9.97. The summed E-state index contributed by atoms with van der Waals surface area (Å²) in [4.78, 5) is 13.4. The van der Waals surface area contributed by atoms with Gasteiger partial charge in [0, 0.05) is 36.9 Å². The molecule has 7 heteroatoms. The molecule has 28 heavy (non-hydrogen) atoms. The van der Waals surface area contributed by atoms with Gasteiger partial charge in [-0.15, -0.1) is 5.10 Å². The van der Waals surface area contributed by atoms with E-state index in [0.717, 1.165) is 52.8 Å². The summed E-state index contributed by atoms with van der Waals surface area (Å²) >= 11 is 0. The highest BCUT2D eigenvalue weighted by Crippen LogP contribution is 2.31. The fourth-order valence-corrected chi connectivity index (χ4v) is 3.55. The molecular formula is C21H19N7. The number of rotatable bonds is 3. The van der Waals surface area contributed by atoms with Crippen molar-refractivity contribution >= 4 is 28.2 Å². The number of nitrogens with zero attached hydrogens (tertiary/aromatic N) is 6. The topological polar surface area (TPSA) is 81.4 Å². The van der Waals surface area contributed by atoms with Crippen molar-refractivity contribution in [1.29, 1.82) is 0 Å². The third kappa shape index (κ3) is 3.00. The van der Waals surface area contributed by atoms with E-state index in [9.17, 15) is 0 Å². The molecule has 1 aliphatic carbocycles. The van der Waals surface area contributed by atoms with Crippen molar-refractivity contribution in [2.45, 2.75) is 19.3 Å². The van der Waals surface area contributed by atoms with E-state index in [1.54, 1.807) is 17.1 Å². The van der Waals surface area contributed by atoms with Crippen LogP contribution >= 0.6 is 0 Å². The fraction of sp³-hybridized carbons (Fsp3) is 0.190. The van der Waals surface area contributed by atoms with Crippen LogP contribution in [-0.4, -0.2) is 29.9 Å². The number of hydrogen-bond donors (Lipinski definition) is 1. The number of aryl methyl sites for hydroxylation is 2. The zero-order chi connectivity index (χ0) is 18.9. The Balaban J connectivity index is 1.54. The van der Waals surface area contributed by atoms with Crippen LogP contribution in [-0.2, 0) is 13.5 Å². The Kier molecular flexibility index (Phi) is 4.05. The minimum Gasteiger partial charge on any atom is -0.324 e. The van der Waals surface area contributed by atoms with E-state index < -0.39 is 0 Å². The summed E-state index contributed by atoms with van der Waals surface area (Å²) < 4.78 is 1.80. The predicted octanol–water partition coefficient (Wildman–Crippen LogP) is 3.66. The SMILES string of the molecule is Cn1nnc2ccc(C3=CCCCc4nc(Nc5ccncc5)ncc43)cc21. The van der Waals surface area contributed by atoms with Crippen LogP contribution in [0.15, 0.2) is 55.0 Å². The molecule has 0 aliphatic heterocycles. The number of aromatic nitrogens is 6. The van der Waals surface area contributed by atoms with Gasteiger partial charge in [0.05, 0.1) is 11.2 Å². The Hall–Kier alpha value is -3.61. The van der Waals surface area contributed by atoms with Crippen LogP contribution in [0.25, 0.3) is 16.6 Å². The molecule has 3 heterocycles. The highest BCUT2D eigenvalue weighted by Gasteiger charge is 2.17. The Labute approximate surface area is 162 Å². The van der Waals surface area contributed by atoms with Crippen molar-refractivity contribution in [2.24, 2.45) is 7.05 Å². The van der Waals surface area contributed by atoms with Gasteiger partial charge in [0.25, 0.3) is 0 Å². The van der Waals surface area contributed by atoms with Gasteiger partial charge in [-0.1, -0.05) is 17.4 Å². The fourth-order valence-electron chi connectivity index (χ4n) is 3.55. The van der Waals surface area contributed by atoms with E-state index >= 15 is 0 Å². The van der Waals surface area contributed by atoms with Gasteiger partial charge in [-0.05, 0) is 54.7 Å². The number of pyridine rings is 1. The first-order chi connectivity index (χ1) is 13.8. The van der Waals surface area contributed by atoms with Crippen molar-refractivity contribution in [1.82, 2.24) is 29.9 Å². The van der Waals surface area contributed by atoms with Crippen molar-refractivity contribution in [3.8, 4) is 0 Å². The molecule has 0 saturated heterocycles. The van der Waals surface area contributed by atoms with Crippen molar-refractivity contribution < 1.29 is 0 Å². The third-order valence-electron chi connectivity index (χ3n) is 4.98. The van der Waals surface area contributed by atoms with Gasteiger partial charge in [0.15, 0.2) is 0 Å². The molecule has 0 spiro atoms. The average Bonchev–Trinajstić information content (AvgIpc) is 2.96. The van der Waals surface area contributed by atoms with Gasteiger partial charge < -0.3 is 5.32 Å². The number of benzene rings is 1. The first-order valence-electron chi connectivity index (χ1n) is 9.31. The summed E-state index contributed by atoms with van der Waals surface area (Å²) in [6.45, 7) is 0. The van der Waals surface area contributed by atoms with Crippen LogP contribution in [0.3, 0.4) is 0 Å². The maximum Gasteiger partial charge on any atom is 0.227 e. The van der Waals surface area contributed by atoms with Crippen molar-refractivity contribution in [3.63, 3.8) is 0 Å². The maximum atomic E-state index is 4.80. The first-order valence-corrected chi connectivity index (χ1v) is 9.31. The van der Waals surface area contributed by atoms with E-state index in [4.69, 9.17) is 4.98 Å². The van der Waals surface area contributed by atoms with E-state index in [0.29, 0.717) is 5.95 Å². The van der Waals surface area contributed by atoms with E-state index in [2.05, 4.69) is 43.8 Å². The summed E-state index contributed by atoms with van der Waals surface area (Å²) in [5, 5.41) is 11.5. The lowest BCUT2D eigenvalue weighted by Crippen LogP contribution is -2.04. The highest BCUT2D eigenvalue weighted by molar-refractivity contribution is 5.86. The Morgan fingerprint density at radius 1 is 1.11 bits per heavy atom. The van der Waals surface area contributed by atoms with E-state index in [1.165, 1.54) is 5.57 Å². The summed E-state index contributed by atoms with van der Waals surface area (Å²) in [5.41, 5.74) is 7.31. The van der Waals surface area contributed by atoms with Crippen LogP contribution in [0, 0.1) is 0 Å². The van der Waals surface area contributed by atoms with Gasteiger partial charge in [-0.3, -0.25) is 4.98 Å². The van der Waals surface area contributed by atoms with E-state index in [1.807, 2.05) is 31.4 Å². The molecule has 0 bridgehead atoms. The summed E-state index contributed by atoms with van der Waals surface area (Å²) in [5.74, 6) is 0.609. The molecule has 0 saturated carbocycles. The Morgan fingerprint density at radius 3 is 2.89 bits per heavy atom. The lowest BCUT2D eigenvalue weighted by Gasteiger charge is -2.12.